The third-order valence-electron chi connectivity index (χ3n) is 2.83. The Labute approximate surface area is 141 Å². The maximum Gasteiger partial charge on any atom is 0.341 e. The van der Waals surface area contributed by atoms with Gasteiger partial charge in [0.15, 0.2) is 5.16 Å². The maximum absolute atomic E-state index is 12.2. The Morgan fingerprint density at radius 3 is 2.70 bits per heavy atom. The fourth-order valence-corrected chi connectivity index (χ4v) is 3.79. The highest BCUT2D eigenvalue weighted by atomic mass is 32.2. The summed E-state index contributed by atoms with van der Waals surface area (Å²) in [6.07, 6.45) is 3.26. The van der Waals surface area contributed by atoms with Crippen LogP contribution in [0.1, 0.15) is 32.5 Å². The van der Waals surface area contributed by atoms with Gasteiger partial charge in [-0.05, 0) is 13.0 Å². The summed E-state index contributed by atoms with van der Waals surface area (Å²) in [7, 11) is 1.53. The molecule has 2 heterocycles. The molecule has 2 aromatic rings. The number of hydrogen-bond donors (Lipinski definition) is 2. The van der Waals surface area contributed by atoms with Gasteiger partial charge in [-0.25, -0.2) is 14.8 Å². The molecule has 0 aliphatic rings. The Hall–Kier alpha value is -2.13. The standard InChI is InChI=1S/C14H16N4O3S2/c1-3-21-13(20)9-8(7-22-14-17-5-4-6-18-14)10(12(19)16-2)23-11(9)15/h4-6H,3,7,15H2,1-2H3,(H,16,19). The van der Waals surface area contributed by atoms with E-state index in [0.717, 1.165) is 11.3 Å². The van der Waals surface area contributed by atoms with E-state index in [0.29, 0.717) is 21.3 Å². The molecular weight excluding hydrogens is 336 g/mol. The smallest absolute Gasteiger partial charge is 0.341 e. The van der Waals surface area contributed by atoms with E-state index in [-0.39, 0.29) is 23.1 Å². The van der Waals surface area contributed by atoms with Crippen molar-refractivity contribution in [3.05, 3.63) is 34.5 Å². The molecule has 2 aromatic heterocycles. The van der Waals surface area contributed by atoms with Gasteiger partial charge in [-0.2, -0.15) is 0 Å². The maximum atomic E-state index is 12.2. The SMILES string of the molecule is CCOC(=O)c1c(N)sc(C(=O)NC)c1CSc1ncccn1. The predicted octanol–water partition coefficient (Wildman–Crippen LogP) is 1.95. The quantitative estimate of drug-likeness (QED) is 0.465. The number of aromatic nitrogens is 2. The molecule has 9 heteroatoms. The molecule has 2 rings (SSSR count). The van der Waals surface area contributed by atoms with Crippen LogP contribution in [0.5, 0.6) is 0 Å². The van der Waals surface area contributed by atoms with E-state index >= 15 is 0 Å². The number of nitrogens with zero attached hydrogens (tertiary/aromatic N) is 2. The van der Waals surface area contributed by atoms with Crippen LogP contribution in [-0.4, -0.2) is 35.5 Å². The van der Waals surface area contributed by atoms with E-state index in [9.17, 15) is 9.59 Å². The van der Waals surface area contributed by atoms with Crippen LogP contribution >= 0.6 is 23.1 Å². The molecule has 0 fully saturated rings. The number of carbonyl (C=O) groups excluding carboxylic acids is 2. The van der Waals surface area contributed by atoms with Gasteiger partial charge in [-0.1, -0.05) is 11.8 Å². The number of carbonyl (C=O) groups is 2. The van der Waals surface area contributed by atoms with Gasteiger partial charge in [0.1, 0.15) is 5.00 Å². The number of hydrogen-bond acceptors (Lipinski definition) is 8. The van der Waals surface area contributed by atoms with Crippen LogP contribution in [0.2, 0.25) is 0 Å². The Bertz CT molecular complexity index is 704. The van der Waals surface area contributed by atoms with Crippen molar-refractivity contribution in [2.45, 2.75) is 17.8 Å². The minimum atomic E-state index is -0.527. The number of esters is 1. The largest absolute Gasteiger partial charge is 0.462 e. The monoisotopic (exact) mass is 352 g/mol. The lowest BCUT2D eigenvalue weighted by atomic mass is 10.1. The first kappa shape index (κ1) is 17.2. The summed E-state index contributed by atoms with van der Waals surface area (Å²) in [4.78, 5) is 32.8. The number of thiophene rings is 1. The second-order valence-corrected chi connectivity index (χ2v) is 6.26. The predicted molar refractivity (Wildman–Crippen MR) is 89.7 cm³/mol. The van der Waals surface area contributed by atoms with Crippen LogP contribution in [-0.2, 0) is 10.5 Å². The summed E-state index contributed by atoms with van der Waals surface area (Å²) in [6.45, 7) is 1.95. The highest BCUT2D eigenvalue weighted by Gasteiger charge is 2.26. The lowest BCUT2D eigenvalue weighted by Gasteiger charge is -2.06. The summed E-state index contributed by atoms with van der Waals surface area (Å²) in [6, 6.07) is 1.71. The molecule has 0 unspecified atom stereocenters. The Kier molecular flexibility index (Phi) is 5.94. The van der Waals surface area contributed by atoms with Gasteiger partial charge in [-0.15, -0.1) is 11.3 Å². The molecule has 0 aromatic carbocycles. The number of thioether (sulfide) groups is 1. The average molecular weight is 352 g/mol. The number of rotatable bonds is 6. The fourth-order valence-electron chi connectivity index (χ4n) is 1.84. The van der Waals surface area contributed by atoms with Crippen molar-refractivity contribution in [2.24, 2.45) is 0 Å². The Balaban J connectivity index is 2.36. The molecule has 7 nitrogen and oxygen atoms in total. The van der Waals surface area contributed by atoms with Crippen LogP contribution in [0.4, 0.5) is 5.00 Å². The van der Waals surface area contributed by atoms with Crippen molar-refractivity contribution >= 4 is 40.0 Å². The van der Waals surface area contributed by atoms with E-state index in [2.05, 4.69) is 15.3 Å². The van der Waals surface area contributed by atoms with Crippen molar-refractivity contribution in [1.29, 1.82) is 0 Å². The van der Waals surface area contributed by atoms with E-state index < -0.39 is 5.97 Å². The van der Waals surface area contributed by atoms with E-state index in [4.69, 9.17) is 10.5 Å². The van der Waals surface area contributed by atoms with E-state index in [1.165, 1.54) is 18.8 Å². The van der Waals surface area contributed by atoms with Crippen molar-refractivity contribution in [2.75, 3.05) is 19.4 Å². The van der Waals surface area contributed by atoms with Gasteiger partial charge in [0.2, 0.25) is 0 Å². The summed E-state index contributed by atoms with van der Waals surface area (Å²) in [5, 5.41) is 3.38. The average Bonchev–Trinajstić information content (AvgIpc) is 2.90. The lowest BCUT2D eigenvalue weighted by Crippen LogP contribution is -2.18. The second-order valence-electron chi connectivity index (χ2n) is 4.27. The molecule has 1 amide bonds. The van der Waals surface area contributed by atoms with Crippen LogP contribution in [0.15, 0.2) is 23.6 Å². The first-order valence-electron chi connectivity index (χ1n) is 6.78. The normalized spacial score (nSPS) is 10.3. The molecule has 0 spiro atoms. The summed E-state index contributed by atoms with van der Waals surface area (Å²) < 4.78 is 5.04. The highest BCUT2D eigenvalue weighted by molar-refractivity contribution is 7.98. The zero-order chi connectivity index (χ0) is 16.8. The molecule has 122 valence electrons. The van der Waals surface area contributed by atoms with Gasteiger partial charge in [0.05, 0.1) is 17.0 Å². The van der Waals surface area contributed by atoms with Gasteiger partial charge in [-0.3, -0.25) is 4.79 Å². The van der Waals surface area contributed by atoms with Gasteiger partial charge in [0, 0.05) is 30.8 Å². The molecule has 23 heavy (non-hydrogen) atoms. The molecule has 3 N–H and O–H groups in total. The molecule has 0 aliphatic heterocycles. The van der Waals surface area contributed by atoms with Gasteiger partial charge in [0.25, 0.3) is 5.91 Å². The van der Waals surface area contributed by atoms with E-state index in [1.807, 2.05) is 0 Å². The van der Waals surface area contributed by atoms with Crippen LogP contribution < -0.4 is 11.1 Å². The molecule has 0 aliphatic carbocycles. The third-order valence-corrected chi connectivity index (χ3v) is 4.80. The topological polar surface area (TPSA) is 107 Å². The summed E-state index contributed by atoms with van der Waals surface area (Å²) in [5.41, 5.74) is 6.73. The molecule has 0 bridgehead atoms. The third kappa shape index (κ3) is 3.99. The Morgan fingerprint density at radius 1 is 1.39 bits per heavy atom. The van der Waals surface area contributed by atoms with Gasteiger partial charge >= 0.3 is 5.97 Å². The number of ether oxygens (including phenoxy) is 1. The number of nitrogens with two attached hydrogens (primary N) is 1. The van der Waals surface area contributed by atoms with Gasteiger partial charge < -0.3 is 15.8 Å². The molecular formula is C14H16N4O3S2. The second kappa shape index (κ2) is 7.93. The van der Waals surface area contributed by atoms with Crippen LogP contribution in [0.25, 0.3) is 0 Å². The van der Waals surface area contributed by atoms with Crippen LogP contribution in [0, 0.1) is 0 Å². The van der Waals surface area contributed by atoms with Crippen molar-refractivity contribution in [3.63, 3.8) is 0 Å². The highest BCUT2D eigenvalue weighted by Crippen LogP contribution is 2.35. The Morgan fingerprint density at radius 2 is 2.09 bits per heavy atom. The van der Waals surface area contributed by atoms with Crippen molar-refractivity contribution in [1.82, 2.24) is 15.3 Å². The van der Waals surface area contributed by atoms with Crippen molar-refractivity contribution < 1.29 is 14.3 Å². The zero-order valence-corrected chi connectivity index (χ0v) is 14.3. The molecule has 0 saturated heterocycles. The number of anilines is 1. The lowest BCUT2D eigenvalue weighted by molar-refractivity contribution is 0.0527. The minimum absolute atomic E-state index is 0.234. The summed E-state index contributed by atoms with van der Waals surface area (Å²) in [5.74, 6) is -0.475. The fraction of sp³-hybridized carbons (Fsp3) is 0.286. The zero-order valence-electron chi connectivity index (χ0n) is 12.7. The van der Waals surface area contributed by atoms with Crippen molar-refractivity contribution in [3.8, 4) is 0 Å². The molecule has 0 atom stereocenters. The number of nitrogens with one attached hydrogen (secondary N) is 1. The molecule has 0 radical (unpaired) electrons. The minimum Gasteiger partial charge on any atom is -0.462 e. The number of nitrogen functional groups attached to an aromatic ring is 1. The van der Waals surface area contributed by atoms with E-state index in [1.54, 1.807) is 25.4 Å². The summed E-state index contributed by atoms with van der Waals surface area (Å²) >= 11 is 2.39. The first-order valence-corrected chi connectivity index (χ1v) is 8.58. The molecule has 0 saturated carbocycles. The first-order chi connectivity index (χ1) is 11.1. The van der Waals surface area contributed by atoms with Crippen LogP contribution in [0.3, 0.4) is 0 Å². The number of amides is 1.